The van der Waals surface area contributed by atoms with Crippen LogP contribution in [0.1, 0.15) is 50.8 Å². The second kappa shape index (κ2) is 4.50. The molecule has 2 rings (SSSR count). The van der Waals surface area contributed by atoms with Crippen molar-refractivity contribution in [3.8, 4) is 0 Å². The summed E-state index contributed by atoms with van der Waals surface area (Å²) in [5.74, 6) is 0. The molecule has 1 N–H and O–H groups in total. The predicted molar refractivity (Wildman–Crippen MR) is 72.7 cm³/mol. The van der Waals surface area contributed by atoms with E-state index in [1.165, 1.54) is 34.9 Å². The number of rotatable bonds is 1. The van der Waals surface area contributed by atoms with E-state index in [4.69, 9.17) is 0 Å². The minimum atomic E-state index is 0.187. The van der Waals surface area contributed by atoms with Gasteiger partial charge in [-0.2, -0.15) is 0 Å². The fraction of sp³-hybridized carbons (Fsp3) is 0.571. The van der Waals surface area contributed by atoms with E-state index in [1.54, 1.807) is 0 Å². The highest BCUT2D eigenvalue weighted by Crippen LogP contribution is 2.32. The van der Waals surface area contributed by atoms with Gasteiger partial charge in [0, 0.05) is 16.1 Å². The van der Waals surface area contributed by atoms with Crippen LogP contribution in [0, 0.1) is 0 Å². The third-order valence-corrected chi connectivity index (χ3v) is 3.52. The Labute approximate surface area is 107 Å². The van der Waals surface area contributed by atoms with Gasteiger partial charge in [-0.15, -0.1) is 0 Å². The molecule has 0 bridgehead atoms. The predicted octanol–water partition coefficient (Wildman–Crippen LogP) is 4.21. The topological polar surface area (TPSA) is 12.0 Å². The molecule has 16 heavy (non-hydrogen) atoms. The zero-order valence-electron chi connectivity index (χ0n) is 10.3. The molecule has 2 heteroatoms. The lowest BCUT2D eigenvalue weighted by Crippen LogP contribution is -2.40. The number of halogens is 1. The first-order valence-electron chi connectivity index (χ1n) is 6.02. The number of hydrogen-bond acceptors (Lipinski definition) is 1. The average molecular weight is 282 g/mol. The molecule has 1 atom stereocenters. The Kier molecular flexibility index (Phi) is 3.41. The van der Waals surface area contributed by atoms with Crippen molar-refractivity contribution >= 4 is 15.9 Å². The van der Waals surface area contributed by atoms with Gasteiger partial charge in [0.15, 0.2) is 0 Å². The van der Waals surface area contributed by atoms with Gasteiger partial charge in [-0.3, -0.25) is 0 Å². The molecular formula is C14H20BrN. The molecule has 1 aromatic rings. The lowest BCUT2D eigenvalue weighted by Gasteiger charge is -2.33. The second-order valence-corrected chi connectivity index (χ2v) is 6.60. The highest BCUT2D eigenvalue weighted by atomic mass is 79.9. The molecule has 88 valence electrons. The summed E-state index contributed by atoms with van der Waals surface area (Å²) in [6, 6.07) is 7.21. The molecule has 0 heterocycles. The van der Waals surface area contributed by atoms with E-state index in [0.717, 1.165) is 0 Å². The van der Waals surface area contributed by atoms with E-state index >= 15 is 0 Å². The van der Waals surface area contributed by atoms with E-state index in [0.29, 0.717) is 6.04 Å². The lowest BCUT2D eigenvalue weighted by atomic mass is 9.86. The third-order valence-electron chi connectivity index (χ3n) is 3.03. The van der Waals surface area contributed by atoms with Gasteiger partial charge in [-0.05, 0) is 63.3 Å². The summed E-state index contributed by atoms with van der Waals surface area (Å²) in [7, 11) is 0. The molecular weight excluding hydrogens is 262 g/mol. The number of aryl methyl sites for hydroxylation is 1. The van der Waals surface area contributed by atoms with Gasteiger partial charge in [-0.1, -0.05) is 22.0 Å². The van der Waals surface area contributed by atoms with Crippen molar-refractivity contribution < 1.29 is 0 Å². The maximum atomic E-state index is 3.72. The largest absolute Gasteiger partial charge is 0.305 e. The van der Waals surface area contributed by atoms with Crippen LogP contribution in [-0.4, -0.2) is 5.54 Å². The summed E-state index contributed by atoms with van der Waals surface area (Å²) >= 11 is 3.55. The van der Waals surface area contributed by atoms with E-state index in [9.17, 15) is 0 Å². The van der Waals surface area contributed by atoms with Gasteiger partial charge in [0.2, 0.25) is 0 Å². The van der Waals surface area contributed by atoms with E-state index < -0.39 is 0 Å². The van der Waals surface area contributed by atoms with Crippen LogP contribution in [0.4, 0.5) is 0 Å². The van der Waals surface area contributed by atoms with Gasteiger partial charge >= 0.3 is 0 Å². The molecule has 1 aromatic carbocycles. The van der Waals surface area contributed by atoms with E-state index in [1.807, 2.05) is 0 Å². The molecule has 0 radical (unpaired) electrons. The van der Waals surface area contributed by atoms with Crippen LogP contribution in [0.2, 0.25) is 0 Å². The van der Waals surface area contributed by atoms with E-state index in [-0.39, 0.29) is 5.54 Å². The van der Waals surface area contributed by atoms with Crippen molar-refractivity contribution in [2.24, 2.45) is 0 Å². The van der Waals surface area contributed by atoms with Crippen LogP contribution in [0.3, 0.4) is 0 Å². The first-order chi connectivity index (χ1) is 7.46. The summed E-state index contributed by atoms with van der Waals surface area (Å²) in [6.45, 7) is 6.71. The van der Waals surface area contributed by atoms with Crippen LogP contribution in [0.15, 0.2) is 22.7 Å². The summed E-state index contributed by atoms with van der Waals surface area (Å²) < 4.78 is 1.20. The van der Waals surface area contributed by atoms with Gasteiger partial charge in [0.1, 0.15) is 0 Å². The SMILES string of the molecule is CC(C)(C)NC1CCCc2cc(Br)ccc21. The minimum Gasteiger partial charge on any atom is -0.305 e. The molecule has 0 aliphatic heterocycles. The van der Waals surface area contributed by atoms with Crippen LogP contribution >= 0.6 is 15.9 Å². The van der Waals surface area contributed by atoms with Crippen molar-refractivity contribution in [1.82, 2.24) is 5.32 Å². The van der Waals surface area contributed by atoms with Crippen molar-refractivity contribution in [2.75, 3.05) is 0 Å². The second-order valence-electron chi connectivity index (χ2n) is 5.68. The molecule has 0 aromatic heterocycles. The third kappa shape index (κ3) is 2.86. The fourth-order valence-electron chi connectivity index (χ4n) is 2.46. The lowest BCUT2D eigenvalue weighted by molar-refractivity contribution is 0.336. The van der Waals surface area contributed by atoms with Crippen LogP contribution < -0.4 is 5.32 Å². The van der Waals surface area contributed by atoms with Crippen LogP contribution in [0.25, 0.3) is 0 Å². The summed E-state index contributed by atoms with van der Waals surface area (Å²) in [4.78, 5) is 0. The van der Waals surface area contributed by atoms with Gasteiger partial charge in [0.05, 0.1) is 0 Å². The van der Waals surface area contributed by atoms with Crippen molar-refractivity contribution in [3.63, 3.8) is 0 Å². The highest BCUT2D eigenvalue weighted by molar-refractivity contribution is 9.10. The Bertz CT molecular complexity index is 379. The summed E-state index contributed by atoms with van der Waals surface area (Å²) in [6.07, 6.45) is 3.76. The smallest absolute Gasteiger partial charge is 0.0327 e. The standard InChI is InChI=1S/C14H20BrN/c1-14(2,3)16-13-6-4-5-10-9-11(15)7-8-12(10)13/h7-9,13,16H,4-6H2,1-3H3. The maximum Gasteiger partial charge on any atom is 0.0327 e. The van der Waals surface area contributed by atoms with Crippen LogP contribution in [0.5, 0.6) is 0 Å². The minimum absolute atomic E-state index is 0.187. The molecule has 1 nitrogen and oxygen atoms in total. The fourth-order valence-corrected chi connectivity index (χ4v) is 2.86. The molecule has 0 saturated carbocycles. The van der Waals surface area contributed by atoms with Gasteiger partial charge < -0.3 is 5.32 Å². The molecule has 1 aliphatic rings. The van der Waals surface area contributed by atoms with Crippen molar-refractivity contribution in [1.29, 1.82) is 0 Å². The Balaban J connectivity index is 2.26. The summed E-state index contributed by atoms with van der Waals surface area (Å²) in [5, 5.41) is 3.72. The average Bonchev–Trinajstić information content (AvgIpc) is 2.15. The molecule has 0 spiro atoms. The monoisotopic (exact) mass is 281 g/mol. The molecule has 0 saturated heterocycles. The first kappa shape index (κ1) is 12.1. The molecule has 0 amide bonds. The molecule has 0 fully saturated rings. The highest BCUT2D eigenvalue weighted by Gasteiger charge is 2.23. The number of benzene rings is 1. The van der Waals surface area contributed by atoms with Gasteiger partial charge in [-0.25, -0.2) is 0 Å². The Morgan fingerprint density at radius 3 is 2.75 bits per heavy atom. The van der Waals surface area contributed by atoms with E-state index in [2.05, 4.69) is 60.2 Å². The van der Waals surface area contributed by atoms with Crippen molar-refractivity contribution in [2.45, 2.75) is 51.6 Å². The first-order valence-corrected chi connectivity index (χ1v) is 6.81. The van der Waals surface area contributed by atoms with Gasteiger partial charge in [0.25, 0.3) is 0 Å². The Hall–Kier alpha value is -0.340. The Morgan fingerprint density at radius 2 is 2.06 bits per heavy atom. The molecule has 1 aliphatic carbocycles. The van der Waals surface area contributed by atoms with Crippen LogP contribution in [-0.2, 0) is 6.42 Å². The summed E-state index contributed by atoms with van der Waals surface area (Å²) in [5.41, 5.74) is 3.18. The van der Waals surface area contributed by atoms with Crippen molar-refractivity contribution in [3.05, 3.63) is 33.8 Å². The molecule has 1 unspecified atom stereocenters. The normalized spacial score (nSPS) is 20.6. The maximum absolute atomic E-state index is 3.72. The Morgan fingerprint density at radius 1 is 1.31 bits per heavy atom. The zero-order chi connectivity index (χ0) is 11.8. The quantitative estimate of drug-likeness (QED) is 0.813. The number of hydrogen-bond donors (Lipinski definition) is 1. The zero-order valence-corrected chi connectivity index (χ0v) is 11.9. The number of nitrogens with one attached hydrogen (secondary N) is 1. The number of fused-ring (bicyclic) bond motifs is 1.